The van der Waals surface area contributed by atoms with Crippen molar-refractivity contribution in [3.63, 3.8) is 0 Å². The average Bonchev–Trinajstić information content (AvgIpc) is 2.78. The predicted molar refractivity (Wildman–Crippen MR) is 111 cm³/mol. The highest BCUT2D eigenvalue weighted by Gasteiger charge is 2.41. The van der Waals surface area contributed by atoms with E-state index >= 15 is 0 Å². The molecule has 1 aliphatic carbocycles. The number of ether oxygens (including phenoxy) is 2. The van der Waals surface area contributed by atoms with Crippen LogP contribution >= 0.6 is 0 Å². The number of allylic oxidation sites excluding steroid dienone is 3. The zero-order chi connectivity index (χ0) is 21.3. The molecular weight excluding hydrogens is 380 g/mol. The molecule has 0 amide bonds. The standard InChI is InChI=1S/C24H24N2O4/c1-14-21(24(28)30-3)22(16-8-10-25-11-9-16)23-19(26-14)12-17(13-20(23)27)15-4-6-18(29-2)7-5-15/h4-11,17,22,26H,12-13H2,1-3H3/p+1. The van der Waals surface area contributed by atoms with Crippen molar-refractivity contribution in [3.05, 3.63) is 82.5 Å². The number of ketones is 1. The molecule has 1 aromatic carbocycles. The number of esters is 1. The molecule has 0 radical (unpaired) electrons. The predicted octanol–water partition coefficient (Wildman–Crippen LogP) is 3.04. The summed E-state index contributed by atoms with van der Waals surface area (Å²) < 4.78 is 10.3. The molecule has 0 fully saturated rings. The first-order chi connectivity index (χ1) is 14.5. The van der Waals surface area contributed by atoms with Crippen LogP contribution in [0.1, 0.15) is 42.7 Å². The van der Waals surface area contributed by atoms with Gasteiger partial charge in [0.1, 0.15) is 5.75 Å². The van der Waals surface area contributed by atoms with E-state index in [2.05, 4.69) is 10.3 Å². The minimum absolute atomic E-state index is 0.0521. The minimum atomic E-state index is -0.437. The Morgan fingerprint density at radius 1 is 1.03 bits per heavy atom. The number of pyridine rings is 1. The van der Waals surface area contributed by atoms with E-state index in [0.717, 1.165) is 28.3 Å². The fourth-order valence-electron chi connectivity index (χ4n) is 4.46. The lowest BCUT2D eigenvalue weighted by atomic mass is 9.72. The Morgan fingerprint density at radius 3 is 2.37 bits per heavy atom. The lowest BCUT2D eigenvalue weighted by Crippen LogP contribution is -2.36. The van der Waals surface area contributed by atoms with Crippen LogP contribution in [0, 0.1) is 0 Å². The van der Waals surface area contributed by atoms with E-state index in [4.69, 9.17) is 9.47 Å². The Morgan fingerprint density at radius 2 is 1.73 bits per heavy atom. The fourth-order valence-corrected chi connectivity index (χ4v) is 4.46. The second-order valence-corrected chi connectivity index (χ2v) is 7.62. The number of rotatable bonds is 4. The molecule has 1 aromatic heterocycles. The minimum Gasteiger partial charge on any atom is -0.497 e. The monoisotopic (exact) mass is 405 g/mol. The molecule has 1 aliphatic heterocycles. The number of aromatic amines is 1. The lowest BCUT2D eigenvalue weighted by molar-refractivity contribution is -0.378. The zero-order valence-electron chi connectivity index (χ0n) is 17.3. The highest BCUT2D eigenvalue weighted by Crippen LogP contribution is 2.45. The number of nitrogens with one attached hydrogen (secondary N) is 2. The highest BCUT2D eigenvalue weighted by molar-refractivity contribution is 6.04. The molecular formula is C24H25N2O4+. The van der Waals surface area contributed by atoms with Crippen LogP contribution in [0.5, 0.6) is 5.75 Å². The quantitative estimate of drug-likeness (QED) is 0.791. The van der Waals surface area contributed by atoms with Crippen molar-refractivity contribution in [3.8, 4) is 5.75 Å². The van der Waals surface area contributed by atoms with Gasteiger partial charge < -0.3 is 14.8 Å². The summed E-state index contributed by atoms with van der Waals surface area (Å²) in [6.07, 6.45) is 4.70. The van der Waals surface area contributed by atoms with Crippen molar-refractivity contribution in [1.29, 1.82) is 0 Å². The van der Waals surface area contributed by atoms with Gasteiger partial charge in [0.2, 0.25) is 0 Å². The molecule has 2 unspecified atom stereocenters. The third kappa shape index (κ3) is 3.49. The number of methoxy groups -OCH3 is 2. The smallest absolute Gasteiger partial charge is 0.336 e. The van der Waals surface area contributed by atoms with Crippen LogP contribution in [0.15, 0.2) is 71.3 Å². The first kappa shape index (κ1) is 19.9. The maximum absolute atomic E-state index is 13.4. The van der Waals surface area contributed by atoms with E-state index < -0.39 is 11.9 Å². The van der Waals surface area contributed by atoms with Gasteiger partial charge in [0.05, 0.1) is 19.8 Å². The van der Waals surface area contributed by atoms with E-state index in [-0.39, 0.29) is 11.7 Å². The summed E-state index contributed by atoms with van der Waals surface area (Å²) in [6.45, 7) is 1.86. The average molecular weight is 405 g/mol. The normalized spacial score (nSPS) is 21.1. The van der Waals surface area contributed by atoms with E-state index in [1.807, 2.05) is 43.3 Å². The molecule has 30 heavy (non-hydrogen) atoms. The molecule has 0 saturated carbocycles. The molecule has 4 rings (SSSR count). The lowest BCUT2D eigenvalue weighted by Gasteiger charge is -2.36. The van der Waals surface area contributed by atoms with Crippen molar-refractivity contribution < 1.29 is 24.0 Å². The number of dihydropyridines is 1. The molecule has 2 N–H and O–H groups in total. The van der Waals surface area contributed by atoms with Gasteiger partial charge in [-0.15, -0.1) is 0 Å². The Bertz CT molecular complexity index is 1040. The van der Waals surface area contributed by atoms with Crippen molar-refractivity contribution in [2.24, 2.45) is 0 Å². The molecule has 6 nitrogen and oxygen atoms in total. The molecule has 0 spiro atoms. The third-order valence-corrected chi connectivity index (χ3v) is 5.90. The molecule has 0 bridgehead atoms. The van der Waals surface area contributed by atoms with Crippen molar-refractivity contribution in [2.75, 3.05) is 14.2 Å². The summed E-state index contributed by atoms with van der Waals surface area (Å²) >= 11 is 0. The van der Waals surface area contributed by atoms with Crippen LogP contribution in [-0.4, -0.2) is 26.0 Å². The van der Waals surface area contributed by atoms with Gasteiger partial charge in [0.15, 0.2) is 18.2 Å². The molecule has 2 aromatic rings. The van der Waals surface area contributed by atoms with E-state index in [1.165, 1.54) is 7.11 Å². The second-order valence-electron chi connectivity index (χ2n) is 7.62. The van der Waals surface area contributed by atoms with Gasteiger partial charge in [-0.3, -0.25) is 4.79 Å². The molecule has 0 saturated heterocycles. The van der Waals surface area contributed by atoms with E-state index in [1.54, 1.807) is 19.5 Å². The summed E-state index contributed by atoms with van der Waals surface area (Å²) in [5, 5.41) is 3.34. The summed E-state index contributed by atoms with van der Waals surface area (Å²) in [5.74, 6) is 0.0595. The first-order valence-corrected chi connectivity index (χ1v) is 9.95. The third-order valence-electron chi connectivity index (χ3n) is 5.90. The van der Waals surface area contributed by atoms with Crippen LogP contribution in [0.25, 0.3) is 0 Å². The van der Waals surface area contributed by atoms with Crippen LogP contribution < -0.4 is 15.0 Å². The Hall–Kier alpha value is -3.41. The van der Waals surface area contributed by atoms with Crippen molar-refractivity contribution in [2.45, 2.75) is 31.6 Å². The zero-order valence-corrected chi connectivity index (χ0v) is 17.3. The fraction of sp³-hybridized carbons (Fsp3) is 0.292. The van der Waals surface area contributed by atoms with E-state index in [0.29, 0.717) is 24.0 Å². The van der Waals surface area contributed by atoms with Crippen LogP contribution in [0.3, 0.4) is 0 Å². The van der Waals surface area contributed by atoms with Gasteiger partial charge in [-0.2, -0.15) is 0 Å². The Balaban J connectivity index is 1.76. The summed E-state index contributed by atoms with van der Waals surface area (Å²) in [7, 11) is 3.00. The molecule has 2 atom stereocenters. The molecule has 2 aliphatic rings. The number of carbonyl (C=O) groups is 2. The topological polar surface area (TPSA) is 78.8 Å². The summed E-state index contributed by atoms with van der Waals surface area (Å²) in [5.41, 5.74) is 4.75. The first-order valence-electron chi connectivity index (χ1n) is 9.95. The van der Waals surface area contributed by atoms with Gasteiger partial charge in [-0.25, -0.2) is 9.78 Å². The SMILES string of the molecule is COC(=O)C1=C(C)NC2=C(C(=O)CC(c3ccc(OC)cc3)C2)C1c1cc[nH+]cc1. The highest BCUT2D eigenvalue weighted by atomic mass is 16.5. The van der Waals surface area contributed by atoms with Crippen LogP contribution in [0.4, 0.5) is 0 Å². The number of H-pyrrole nitrogens is 1. The van der Waals surface area contributed by atoms with Crippen molar-refractivity contribution >= 4 is 11.8 Å². The van der Waals surface area contributed by atoms with E-state index in [9.17, 15) is 9.59 Å². The number of carbonyl (C=O) groups excluding carboxylic acids is 2. The Labute approximate surface area is 175 Å². The molecule has 2 heterocycles. The number of hydrogen-bond acceptors (Lipinski definition) is 5. The molecule has 6 heteroatoms. The maximum atomic E-state index is 13.4. The maximum Gasteiger partial charge on any atom is 0.336 e. The largest absolute Gasteiger partial charge is 0.497 e. The van der Waals surface area contributed by atoms with Crippen molar-refractivity contribution in [1.82, 2.24) is 5.32 Å². The number of hydrogen-bond donors (Lipinski definition) is 1. The summed E-state index contributed by atoms with van der Waals surface area (Å²) in [6, 6.07) is 11.7. The van der Waals surface area contributed by atoms with Gasteiger partial charge in [-0.1, -0.05) is 12.1 Å². The van der Waals surface area contributed by atoms with Crippen LogP contribution in [-0.2, 0) is 14.3 Å². The number of Topliss-reactive ketones (excluding diaryl/α,β-unsaturated/α-hetero) is 1. The molecule has 154 valence electrons. The van der Waals surface area contributed by atoms with Gasteiger partial charge in [0, 0.05) is 41.4 Å². The van der Waals surface area contributed by atoms with Gasteiger partial charge in [-0.05, 0) is 42.5 Å². The van der Waals surface area contributed by atoms with Gasteiger partial charge in [0.25, 0.3) is 0 Å². The number of benzene rings is 1. The summed E-state index contributed by atoms with van der Waals surface area (Å²) in [4.78, 5) is 29.0. The van der Waals surface area contributed by atoms with Gasteiger partial charge >= 0.3 is 5.97 Å². The Kier molecular flexibility index (Phi) is 5.40. The number of aromatic nitrogens is 1. The van der Waals surface area contributed by atoms with Crippen LogP contribution in [0.2, 0.25) is 0 Å². The second kappa shape index (κ2) is 8.14.